The predicted octanol–water partition coefficient (Wildman–Crippen LogP) is 3.09. The summed E-state index contributed by atoms with van der Waals surface area (Å²) in [5.41, 5.74) is 1.40. The molecule has 1 saturated carbocycles. The van der Waals surface area contributed by atoms with Gasteiger partial charge in [-0.05, 0) is 50.3 Å². The number of rotatable bonds is 4. The quantitative estimate of drug-likeness (QED) is 0.639. The number of aromatic nitrogens is 5. The fourth-order valence-corrected chi connectivity index (χ4v) is 4.73. The van der Waals surface area contributed by atoms with Crippen molar-refractivity contribution >= 4 is 17.5 Å². The molecular formula is C21H21ClN6O2. The van der Waals surface area contributed by atoms with Gasteiger partial charge in [0.25, 0.3) is 5.91 Å². The van der Waals surface area contributed by atoms with E-state index < -0.39 is 0 Å². The Morgan fingerprint density at radius 2 is 1.97 bits per heavy atom. The molecule has 1 aliphatic heterocycles. The van der Waals surface area contributed by atoms with Gasteiger partial charge in [-0.15, -0.1) is 4.80 Å². The Morgan fingerprint density at radius 1 is 1.17 bits per heavy atom. The van der Waals surface area contributed by atoms with Crippen LogP contribution in [0.2, 0.25) is 5.02 Å². The molecule has 2 fully saturated rings. The van der Waals surface area contributed by atoms with Crippen LogP contribution in [-0.2, 0) is 0 Å². The summed E-state index contributed by atoms with van der Waals surface area (Å²) in [5.74, 6) is 1.27. The Morgan fingerprint density at radius 3 is 2.67 bits per heavy atom. The van der Waals surface area contributed by atoms with Gasteiger partial charge in [-0.1, -0.05) is 11.6 Å². The fourth-order valence-electron chi connectivity index (χ4n) is 4.62. The summed E-state index contributed by atoms with van der Waals surface area (Å²) in [7, 11) is 0. The molecule has 0 radical (unpaired) electrons. The van der Waals surface area contributed by atoms with E-state index in [1.165, 1.54) is 4.80 Å². The molecule has 2 aliphatic rings. The number of hydrogen-bond acceptors (Lipinski definition) is 6. The van der Waals surface area contributed by atoms with Crippen molar-refractivity contribution in [2.75, 3.05) is 0 Å². The summed E-state index contributed by atoms with van der Waals surface area (Å²) in [5, 5.41) is 8.88. The van der Waals surface area contributed by atoms with Crippen LogP contribution in [0.4, 0.5) is 0 Å². The lowest BCUT2D eigenvalue weighted by molar-refractivity contribution is 0.0313. The van der Waals surface area contributed by atoms with Crippen molar-refractivity contribution in [1.29, 1.82) is 0 Å². The number of ether oxygens (including phenoxy) is 1. The molecule has 30 heavy (non-hydrogen) atoms. The number of carbonyl (C=O) groups excluding carboxylic acids is 1. The maximum atomic E-state index is 13.7. The molecule has 0 spiro atoms. The molecule has 1 amide bonds. The zero-order chi connectivity index (χ0) is 20.8. The minimum Gasteiger partial charge on any atom is -0.472 e. The van der Waals surface area contributed by atoms with Crippen molar-refractivity contribution in [2.45, 2.75) is 44.9 Å². The molecule has 4 atom stereocenters. The summed E-state index contributed by atoms with van der Waals surface area (Å²) in [4.78, 5) is 25.7. The predicted molar refractivity (Wildman–Crippen MR) is 110 cm³/mol. The highest BCUT2D eigenvalue weighted by molar-refractivity contribution is 6.30. The van der Waals surface area contributed by atoms with E-state index in [9.17, 15) is 4.79 Å². The molecule has 3 aromatic heterocycles. The van der Waals surface area contributed by atoms with Crippen molar-refractivity contribution in [1.82, 2.24) is 29.9 Å². The van der Waals surface area contributed by atoms with Gasteiger partial charge in [0.1, 0.15) is 6.10 Å². The molecular weight excluding hydrogens is 404 g/mol. The number of amides is 1. The first-order chi connectivity index (χ1) is 14.5. The van der Waals surface area contributed by atoms with E-state index in [1.54, 1.807) is 36.9 Å². The lowest BCUT2D eigenvalue weighted by atomic mass is 9.98. The lowest BCUT2D eigenvalue weighted by Crippen LogP contribution is -2.51. The van der Waals surface area contributed by atoms with Crippen LogP contribution in [0.1, 0.15) is 35.7 Å². The Kier molecular flexibility index (Phi) is 4.66. The van der Waals surface area contributed by atoms with Crippen molar-refractivity contribution < 1.29 is 9.53 Å². The van der Waals surface area contributed by atoms with Crippen molar-refractivity contribution in [3.05, 3.63) is 59.1 Å². The summed E-state index contributed by atoms with van der Waals surface area (Å²) >= 11 is 5.92. The Hall–Kier alpha value is -3.00. The first-order valence-corrected chi connectivity index (χ1v) is 10.3. The number of nitrogens with zero attached hydrogens (tertiary/aromatic N) is 6. The fraction of sp³-hybridized carbons (Fsp3) is 0.381. The third-order valence-electron chi connectivity index (χ3n) is 6.04. The zero-order valence-corrected chi connectivity index (χ0v) is 17.4. The van der Waals surface area contributed by atoms with Gasteiger partial charge < -0.3 is 9.64 Å². The van der Waals surface area contributed by atoms with E-state index in [0.717, 1.165) is 18.4 Å². The zero-order valence-electron chi connectivity index (χ0n) is 16.6. The van der Waals surface area contributed by atoms with Crippen LogP contribution in [-0.4, -0.2) is 54.0 Å². The van der Waals surface area contributed by atoms with E-state index in [2.05, 4.69) is 27.1 Å². The summed E-state index contributed by atoms with van der Waals surface area (Å²) in [6, 6.07) is 5.47. The number of piperidine rings is 1. The second-order valence-electron chi connectivity index (χ2n) is 7.93. The van der Waals surface area contributed by atoms with Gasteiger partial charge in [-0.3, -0.25) is 4.79 Å². The second kappa shape index (κ2) is 7.36. The molecule has 3 aromatic rings. The number of pyridine rings is 2. The van der Waals surface area contributed by atoms with E-state index in [4.69, 9.17) is 16.3 Å². The normalized spacial score (nSPS) is 25.0. The molecule has 8 nitrogen and oxygen atoms in total. The highest BCUT2D eigenvalue weighted by Crippen LogP contribution is 2.44. The molecule has 1 saturated heterocycles. The van der Waals surface area contributed by atoms with Gasteiger partial charge in [-0.2, -0.15) is 10.2 Å². The molecule has 1 aliphatic carbocycles. The van der Waals surface area contributed by atoms with Crippen LogP contribution in [0.5, 0.6) is 5.88 Å². The third kappa shape index (κ3) is 3.21. The minimum atomic E-state index is -0.104. The number of carbonyl (C=O) groups is 1. The van der Waals surface area contributed by atoms with Crippen LogP contribution >= 0.6 is 11.6 Å². The Balaban J connectivity index is 1.45. The molecule has 0 aromatic carbocycles. The summed E-state index contributed by atoms with van der Waals surface area (Å²) in [6.07, 6.45) is 8.13. The molecule has 2 bridgehead atoms. The van der Waals surface area contributed by atoms with Crippen molar-refractivity contribution in [2.24, 2.45) is 5.92 Å². The van der Waals surface area contributed by atoms with E-state index in [0.29, 0.717) is 28.2 Å². The number of halogens is 1. The molecule has 5 rings (SSSR count). The lowest BCUT2D eigenvalue weighted by Gasteiger charge is -2.37. The average molecular weight is 425 g/mol. The number of hydrogen-bond donors (Lipinski definition) is 0. The van der Waals surface area contributed by atoms with Crippen molar-refractivity contribution in [3.8, 4) is 11.7 Å². The third-order valence-corrected chi connectivity index (χ3v) is 6.26. The number of likely N-dealkylation sites (tertiary alicyclic amines) is 1. The molecule has 9 heteroatoms. The maximum absolute atomic E-state index is 13.7. The van der Waals surface area contributed by atoms with E-state index >= 15 is 0 Å². The highest BCUT2D eigenvalue weighted by atomic mass is 35.5. The van der Waals surface area contributed by atoms with Crippen LogP contribution in [0.3, 0.4) is 0 Å². The van der Waals surface area contributed by atoms with Gasteiger partial charge >= 0.3 is 0 Å². The van der Waals surface area contributed by atoms with Gasteiger partial charge in [0.15, 0.2) is 5.82 Å². The Labute approximate surface area is 178 Å². The van der Waals surface area contributed by atoms with E-state index in [1.807, 2.05) is 17.9 Å². The molecule has 4 unspecified atom stereocenters. The number of aryl methyl sites for hydroxylation is 1. The van der Waals surface area contributed by atoms with Gasteiger partial charge in [0, 0.05) is 24.5 Å². The SMILES string of the molecule is Cc1cnc(-n2nccn2)c(C(=O)N2C(C)C3CC(Oc4ccc(Cl)cn4)C2C3)c1. The smallest absolute Gasteiger partial charge is 0.258 e. The van der Waals surface area contributed by atoms with Crippen LogP contribution in [0, 0.1) is 12.8 Å². The van der Waals surface area contributed by atoms with Gasteiger partial charge in [-0.25, -0.2) is 9.97 Å². The molecule has 0 N–H and O–H groups in total. The summed E-state index contributed by atoms with van der Waals surface area (Å²) in [6.45, 7) is 4.02. The Bertz CT molecular complexity index is 1070. The van der Waals surface area contributed by atoms with Crippen LogP contribution < -0.4 is 4.74 Å². The van der Waals surface area contributed by atoms with Crippen LogP contribution in [0.15, 0.2) is 43.0 Å². The largest absolute Gasteiger partial charge is 0.472 e. The monoisotopic (exact) mass is 424 g/mol. The molecule has 4 heterocycles. The van der Waals surface area contributed by atoms with E-state index in [-0.39, 0.29) is 24.1 Å². The highest BCUT2D eigenvalue weighted by Gasteiger charge is 2.53. The minimum absolute atomic E-state index is 0.0195. The summed E-state index contributed by atoms with van der Waals surface area (Å²) < 4.78 is 6.15. The number of fused-ring (bicyclic) bond motifs is 2. The van der Waals surface area contributed by atoms with Crippen molar-refractivity contribution in [3.63, 3.8) is 0 Å². The van der Waals surface area contributed by atoms with Gasteiger partial charge in [0.2, 0.25) is 5.88 Å². The van der Waals surface area contributed by atoms with Crippen LogP contribution in [0.25, 0.3) is 5.82 Å². The standard InChI is InChI=1S/C21H21ClN6O2/c1-12-7-16(20(24-10-12)28-25-5-6-26-28)21(29)27-13(2)14-8-17(27)18(9-14)30-19-4-3-15(22)11-23-19/h3-7,10-11,13-14,17-18H,8-9H2,1-2H3. The first-order valence-electron chi connectivity index (χ1n) is 9.95. The topological polar surface area (TPSA) is 86.0 Å². The average Bonchev–Trinajstić information content (AvgIpc) is 3.46. The second-order valence-corrected chi connectivity index (χ2v) is 8.36. The maximum Gasteiger partial charge on any atom is 0.258 e. The first kappa shape index (κ1) is 19.0. The van der Waals surface area contributed by atoms with Gasteiger partial charge in [0.05, 0.1) is 29.0 Å². The molecule has 154 valence electrons.